The first-order valence-electron chi connectivity index (χ1n) is 8.51. The second-order valence-corrected chi connectivity index (χ2v) is 6.94. The molecule has 0 spiro atoms. The Kier molecular flexibility index (Phi) is 6.13. The number of hydrogen-bond donors (Lipinski definition) is 2. The van der Waals surface area contributed by atoms with E-state index >= 15 is 0 Å². The highest BCUT2D eigenvalue weighted by molar-refractivity contribution is 14.1. The lowest BCUT2D eigenvalue weighted by atomic mass is 10.1. The predicted molar refractivity (Wildman–Crippen MR) is 116 cm³/mol. The summed E-state index contributed by atoms with van der Waals surface area (Å²) < 4.78 is 11.9. The zero-order valence-electron chi connectivity index (χ0n) is 15.3. The van der Waals surface area contributed by atoms with Crippen molar-refractivity contribution in [2.45, 2.75) is 6.92 Å². The smallest absolute Gasteiger partial charge is 0.343 e. The summed E-state index contributed by atoms with van der Waals surface area (Å²) >= 11 is 2.03. The second kappa shape index (κ2) is 8.74. The van der Waals surface area contributed by atoms with Crippen molar-refractivity contribution in [3.8, 4) is 28.8 Å². The molecule has 0 unspecified atom stereocenters. The largest absolute Gasteiger partial charge is 0.490 e. The van der Waals surface area contributed by atoms with E-state index in [0.717, 1.165) is 0 Å². The summed E-state index contributed by atoms with van der Waals surface area (Å²) in [4.78, 5) is 20.5. The molecule has 2 aromatic carbocycles. The van der Waals surface area contributed by atoms with Crippen LogP contribution in [0.15, 0.2) is 42.5 Å². The number of hydrogen-bond acceptors (Lipinski definition) is 8. The number of carbonyl (C=O) groups excluding carboxylic acids is 1. The number of ether oxygens (including phenoxy) is 2. The monoisotopic (exact) mass is 501 g/mol. The summed E-state index contributed by atoms with van der Waals surface area (Å²) in [6.07, 6.45) is 0. The Labute approximate surface area is 180 Å². The number of nitriles is 1. The van der Waals surface area contributed by atoms with Crippen LogP contribution in [0.25, 0.3) is 11.3 Å². The highest BCUT2D eigenvalue weighted by Gasteiger charge is 2.20. The number of nitrogen functional groups attached to an aromatic ring is 2. The van der Waals surface area contributed by atoms with Gasteiger partial charge in [0.25, 0.3) is 0 Å². The summed E-state index contributed by atoms with van der Waals surface area (Å²) in [6, 6.07) is 14.0. The molecule has 0 saturated carbocycles. The van der Waals surface area contributed by atoms with Crippen molar-refractivity contribution < 1.29 is 14.3 Å². The van der Waals surface area contributed by atoms with Gasteiger partial charge < -0.3 is 20.9 Å². The fourth-order valence-electron chi connectivity index (χ4n) is 2.61. The lowest BCUT2D eigenvalue weighted by Gasteiger charge is -2.15. The van der Waals surface area contributed by atoms with Gasteiger partial charge in [0.05, 0.1) is 21.4 Å². The SMILES string of the molecule is CCOc1cc(-c2nc(N)nc(N)c2C#N)cc(I)c1OC(=O)c1ccccc1. The molecule has 0 amide bonds. The van der Waals surface area contributed by atoms with E-state index in [1.807, 2.05) is 41.7 Å². The van der Waals surface area contributed by atoms with E-state index in [2.05, 4.69) is 9.97 Å². The number of nitrogens with two attached hydrogens (primary N) is 2. The van der Waals surface area contributed by atoms with Crippen LogP contribution in [0, 0.1) is 14.9 Å². The van der Waals surface area contributed by atoms with Crippen LogP contribution in [0.5, 0.6) is 11.5 Å². The standard InChI is InChI=1S/C20H16IN5O3/c1-2-28-15-9-12(16-13(10-22)18(23)26-20(24)25-16)8-14(21)17(15)29-19(27)11-6-4-3-5-7-11/h3-9H,2H2,1H3,(H4,23,24,25,26). The van der Waals surface area contributed by atoms with E-state index in [0.29, 0.717) is 27.1 Å². The topological polar surface area (TPSA) is 137 Å². The number of nitrogens with zero attached hydrogens (tertiary/aromatic N) is 3. The van der Waals surface area contributed by atoms with Crippen LogP contribution >= 0.6 is 22.6 Å². The molecule has 0 aliphatic rings. The minimum atomic E-state index is -0.509. The zero-order valence-corrected chi connectivity index (χ0v) is 17.5. The molecule has 146 valence electrons. The molecule has 1 heterocycles. The molecule has 1 aromatic heterocycles. The van der Waals surface area contributed by atoms with Crippen molar-refractivity contribution in [3.05, 3.63) is 57.2 Å². The van der Waals surface area contributed by atoms with Crippen LogP contribution in [-0.4, -0.2) is 22.5 Å². The summed E-state index contributed by atoms with van der Waals surface area (Å²) in [5.74, 6) is 0.0361. The number of benzene rings is 2. The van der Waals surface area contributed by atoms with Crippen molar-refractivity contribution in [1.29, 1.82) is 5.26 Å². The minimum Gasteiger partial charge on any atom is -0.490 e. The van der Waals surface area contributed by atoms with E-state index in [9.17, 15) is 10.1 Å². The van der Waals surface area contributed by atoms with Crippen LogP contribution < -0.4 is 20.9 Å². The molecule has 0 aliphatic heterocycles. The van der Waals surface area contributed by atoms with Gasteiger partial charge in [-0.25, -0.2) is 9.78 Å². The zero-order chi connectivity index (χ0) is 21.0. The third-order valence-electron chi connectivity index (χ3n) is 3.85. The summed E-state index contributed by atoms with van der Waals surface area (Å²) in [5.41, 5.74) is 12.8. The molecule has 3 aromatic rings. The summed E-state index contributed by atoms with van der Waals surface area (Å²) in [6.45, 7) is 2.15. The van der Waals surface area contributed by atoms with E-state index in [1.54, 1.807) is 36.4 Å². The van der Waals surface area contributed by atoms with Crippen molar-refractivity contribution in [1.82, 2.24) is 9.97 Å². The average Bonchev–Trinajstić information content (AvgIpc) is 2.70. The molecule has 0 saturated heterocycles. The predicted octanol–water partition coefficient (Wildman–Crippen LogP) is 3.40. The number of esters is 1. The molecule has 8 nitrogen and oxygen atoms in total. The van der Waals surface area contributed by atoms with Gasteiger partial charge in [-0.3, -0.25) is 0 Å². The van der Waals surface area contributed by atoms with Gasteiger partial charge in [-0.1, -0.05) is 18.2 Å². The second-order valence-electron chi connectivity index (χ2n) is 5.78. The van der Waals surface area contributed by atoms with Crippen LogP contribution in [-0.2, 0) is 0 Å². The Balaban J connectivity index is 2.09. The molecule has 0 atom stereocenters. The van der Waals surface area contributed by atoms with Gasteiger partial charge in [-0.05, 0) is 53.8 Å². The molecule has 0 fully saturated rings. The number of carbonyl (C=O) groups is 1. The number of rotatable bonds is 5. The molecule has 9 heteroatoms. The lowest BCUT2D eigenvalue weighted by Crippen LogP contribution is -2.11. The first kappa shape index (κ1) is 20.3. The Morgan fingerprint density at radius 3 is 2.59 bits per heavy atom. The van der Waals surface area contributed by atoms with Gasteiger partial charge in [0.15, 0.2) is 11.5 Å². The summed E-state index contributed by atoms with van der Waals surface area (Å²) in [5, 5.41) is 9.44. The van der Waals surface area contributed by atoms with Gasteiger partial charge in [0.1, 0.15) is 17.5 Å². The summed E-state index contributed by atoms with van der Waals surface area (Å²) in [7, 11) is 0. The minimum absolute atomic E-state index is 0.0115. The third kappa shape index (κ3) is 4.38. The van der Waals surface area contributed by atoms with Crippen molar-refractivity contribution >= 4 is 40.3 Å². The van der Waals surface area contributed by atoms with Gasteiger partial charge >= 0.3 is 5.97 Å². The molecule has 3 rings (SSSR count). The molecule has 0 bridgehead atoms. The van der Waals surface area contributed by atoms with Crippen LogP contribution in [0.4, 0.5) is 11.8 Å². The molecule has 29 heavy (non-hydrogen) atoms. The van der Waals surface area contributed by atoms with Crippen molar-refractivity contribution in [2.75, 3.05) is 18.1 Å². The number of aromatic nitrogens is 2. The molecule has 0 radical (unpaired) electrons. The van der Waals surface area contributed by atoms with Crippen LogP contribution in [0.2, 0.25) is 0 Å². The van der Waals surface area contributed by atoms with Gasteiger partial charge in [0, 0.05) is 5.56 Å². The maximum atomic E-state index is 12.5. The normalized spacial score (nSPS) is 10.2. The highest BCUT2D eigenvalue weighted by Crippen LogP contribution is 2.39. The van der Waals surface area contributed by atoms with Crippen molar-refractivity contribution in [2.24, 2.45) is 0 Å². The van der Waals surface area contributed by atoms with Crippen molar-refractivity contribution in [3.63, 3.8) is 0 Å². The molecular weight excluding hydrogens is 485 g/mol. The molecular formula is C20H16IN5O3. The first-order valence-corrected chi connectivity index (χ1v) is 9.59. The van der Waals surface area contributed by atoms with Gasteiger partial charge in [-0.15, -0.1) is 0 Å². The Morgan fingerprint density at radius 2 is 1.93 bits per heavy atom. The number of anilines is 2. The van der Waals surface area contributed by atoms with Gasteiger partial charge in [-0.2, -0.15) is 10.2 Å². The average molecular weight is 501 g/mol. The Morgan fingerprint density at radius 1 is 1.21 bits per heavy atom. The molecule has 4 N–H and O–H groups in total. The first-order chi connectivity index (χ1) is 13.9. The Bertz CT molecular complexity index is 1110. The fourth-order valence-corrected chi connectivity index (χ4v) is 3.32. The van der Waals surface area contributed by atoms with Gasteiger partial charge in [0.2, 0.25) is 5.95 Å². The van der Waals surface area contributed by atoms with E-state index in [-0.39, 0.29) is 28.8 Å². The molecule has 0 aliphatic carbocycles. The van der Waals surface area contributed by atoms with E-state index < -0.39 is 5.97 Å². The third-order valence-corrected chi connectivity index (χ3v) is 4.65. The van der Waals surface area contributed by atoms with Crippen LogP contribution in [0.1, 0.15) is 22.8 Å². The number of halogens is 1. The quantitative estimate of drug-likeness (QED) is 0.308. The lowest BCUT2D eigenvalue weighted by molar-refractivity contribution is 0.0727. The fraction of sp³-hybridized carbons (Fsp3) is 0.100. The maximum Gasteiger partial charge on any atom is 0.343 e. The van der Waals surface area contributed by atoms with Crippen LogP contribution in [0.3, 0.4) is 0 Å². The van der Waals surface area contributed by atoms with E-state index in [1.165, 1.54) is 0 Å². The Hall–Kier alpha value is -3.39. The van der Waals surface area contributed by atoms with E-state index in [4.69, 9.17) is 20.9 Å². The maximum absolute atomic E-state index is 12.5. The highest BCUT2D eigenvalue weighted by atomic mass is 127.